The van der Waals surface area contributed by atoms with Gasteiger partial charge in [-0.1, -0.05) is 12.1 Å². The van der Waals surface area contributed by atoms with Crippen molar-refractivity contribution in [1.29, 1.82) is 0 Å². The summed E-state index contributed by atoms with van der Waals surface area (Å²) in [6.07, 6.45) is 7.87. The van der Waals surface area contributed by atoms with E-state index in [0.717, 1.165) is 50.2 Å². The number of aromatic nitrogens is 2. The summed E-state index contributed by atoms with van der Waals surface area (Å²) in [7, 11) is 0. The molecule has 5 heteroatoms. The molecule has 2 heterocycles. The molecule has 1 saturated heterocycles. The largest absolute Gasteiger partial charge is 0.333 e. The van der Waals surface area contributed by atoms with E-state index in [1.165, 1.54) is 12.1 Å². The van der Waals surface area contributed by atoms with Gasteiger partial charge in [-0.15, -0.1) is 0 Å². The quantitative estimate of drug-likeness (QED) is 0.846. The van der Waals surface area contributed by atoms with Crippen LogP contribution in [0.2, 0.25) is 0 Å². The van der Waals surface area contributed by atoms with Gasteiger partial charge >= 0.3 is 0 Å². The first kappa shape index (κ1) is 16.3. The van der Waals surface area contributed by atoms with Gasteiger partial charge < -0.3 is 9.47 Å². The molecule has 0 bridgehead atoms. The number of carbonyl (C=O) groups excluding carboxylic acids is 1. The zero-order valence-electron chi connectivity index (χ0n) is 14.6. The van der Waals surface area contributed by atoms with Crippen molar-refractivity contribution < 1.29 is 9.18 Å². The molecule has 132 valence electrons. The van der Waals surface area contributed by atoms with Gasteiger partial charge in [0.05, 0.1) is 6.04 Å². The van der Waals surface area contributed by atoms with Crippen LogP contribution in [0.1, 0.15) is 56.0 Å². The lowest BCUT2D eigenvalue weighted by atomic mass is 10.00. The Morgan fingerprint density at radius 1 is 1.28 bits per heavy atom. The van der Waals surface area contributed by atoms with E-state index in [-0.39, 0.29) is 29.6 Å². The number of carbonyl (C=O) groups is 1. The van der Waals surface area contributed by atoms with Crippen LogP contribution in [0.3, 0.4) is 0 Å². The van der Waals surface area contributed by atoms with Gasteiger partial charge in [-0.2, -0.15) is 0 Å². The third-order valence-electron chi connectivity index (χ3n) is 5.58. The number of benzene rings is 1. The summed E-state index contributed by atoms with van der Waals surface area (Å²) in [6.45, 7) is 3.79. The van der Waals surface area contributed by atoms with Crippen LogP contribution < -0.4 is 0 Å². The molecule has 3 atom stereocenters. The highest BCUT2D eigenvalue weighted by Crippen LogP contribution is 2.49. The second-order valence-corrected chi connectivity index (χ2v) is 7.11. The van der Waals surface area contributed by atoms with Crippen LogP contribution in [0.25, 0.3) is 0 Å². The highest BCUT2D eigenvalue weighted by molar-refractivity contribution is 5.83. The molecule has 0 unspecified atom stereocenters. The Bertz CT molecular complexity index is 755. The fourth-order valence-corrected chi connectivity index (χ4v) is 4.11. The van der Waals surface area contributed by atoms with E-state index in [0.29, 0.717) is 0 Å². The first-order chi connectivity index (χ1) is 12.2. The summed E-state index contributed by atoms with van der Waals surface area (Å²) in [5.74, 6) is 1.30. The molecule has 1 aliphatic heterocycles. The number of aryl methyl sites for hydroxylation is 1. The van der Waals surface area contributed by atoms with Gasteiger partial charge in [0.25, 0.3) is 0 Å². The predicted octanol–water partition coefficient (Wildman–Crippen LogP) is 3.90. The van der Waals surface area contributed by atoms with Gasteiger partial charge in [-0.05, 0) is 56.2 Å². The molecule has 1 saturated carbocycles. The molecule has 1 aromatic carbocycles. The molecule has 4 nitrogen and oxygen atoms in total. The first-order valence-corrected chi connectivity index (χ1v) is 9.26. The number of piperidine rings is 1. The van der Waals surface area contributed by atoms with Crippen LogP contribution in [0.5, 0.6) is 0 Å². The van der Waals surface area contributed by atoms with Crippen molar-refractivity contribution in [3.05, 3.63) is 53.9 Å². The third-order valence-corrected chi connectivity index (χ3v) is 5.58. The average Bonchev–Trinajstić information content (AvgIpc) is 3.30. The summed E-state index contributed by atoms with van der Waals surface area (Å²) in [5.41, 5.74) is 1.07. The Balaban J connectivity index is 1.51. The van der Waals surface area contributed by atoms with Crippen LogP contribution in [-0.4, -0.2) is 26.9 Å². The molecular formula is C20H24FN3O. The van der Waals surface area contributed by atoms with E-state index in [4.69, 9.17) is 0 Å². The van der Waals surface area contributed by atoms with Gasteiger partial charge in [-0.3, -0.25) is 4.79 Å². The van der Waals surface area contributed by atoms with Gasteiger partial charge in [0.15, 0.2) is 0 Å². The van der Waals surface area contributed by atoms with E-state index in [9.17, 15) is 9.18 Å². The Morgan fingerprint density at radius 2 is 2.08 bits per heavy atom. The fraction of sp³-hybridized carbons (Fsp3) is 0.500. The first-order valence-electron chi connectivity index (χ1n) is 9.26. The second kappa shape index (κ2) is 6.62. The maximum absolute atomic E-state index is 13.1. The Hall–Kier alpha value is -2.17. The predicted molar refractivity (Wildman–Crippen MR) is 93.5 cm³/mol. The molecule has 25 heavy (non-hydrogen) atoms. The number of imidazole rings is 1. The zero-order valence-corrected chi connectivity index (χ0v) is 14.6. The SMILES string of the molecule is CCn1ccnc1[C@H]1CCCCN1C(=O)[C@@H]1C[C@H]1c1ccc(F)cc1. The number of halogens is 1. The van der Waals surface area contributed by atoms with Gasteiger partial charge in [0.2, 0.25) is 5.91 Å². The van der Waals surface area contributed by atoms with Gasteiger partial charge in [-0.25, -0.2) is 9.37 Å². The minimum absolute atomic E-state index is 0.0381. The Morgan fingerprint density at radius 3 is 2.84 bits per heavy atom. The highest BCUT2D eigenvalue weighted by atomic mass is 19.1. The van der Waals surface area contributed by atoms with E-state index >= 15 is 0 Å². The minimum atomic E-state index is -0.227. The van der Waals surface area contributed by atoms with Crippen molar-refractivity contribution in [2.45, 2.75) is 51.1 Å². The number of hydrogen-bond donors (Lipinski definition) is 0. The van der Waals surface area contributed by atoms with Crippen LogP contribution in [0, 0.1) is 11.7 Å². The van der Waals surface area contributed by atoms with Crippen molar-refractivity contribution in [1.82, 2.24) is 14.5 Å². The summed E-state index contributed by atoms with van der Waals surface area (Å²) in [5, 5.41) is 0. The smallest absolute Gasteiger partial charge is 0.226 e. The lowest BCUT2D eigenvalue weighted by molar-refractivity contribution is -0.136. The second-order valence-electron chi connectivity index (χ2n) is 7.11. The van der Waals surface area contributed by atoms with Crippen LogP contribution >= 0.6 is 0 Å². The van der Waals surface area contributed by atoms with Crippen molar-refractivity contribution in [3.8, 4) is 0 Å². The summed E-state index contributed by atoms with van der Waals surface area (Å²) in [4.78, 5) is 19.7. The molecular weight excluding hydrogens is 317 g/mol. The van der Waals surface area contributed by atoms with Crippen molar-refractivity contribution in [2.24, 2.45) is 5.92 Å². The zero-order chi connectivity index (χ0) is 17.4. The molecule has 0 radical (unpaired) electrons. The number of likely N-dealkylation sites (tertiary alicyclic amines) is 1. The van der Waals surface area contributed by atoms with Crippen molar-refractivity contribution in [2.75, 3.05) is 6.54 Å². The summed E-state index contributed by atoms with van der Waals surface area (Å²) >= 11 is 0. The normalized spacial score (nSPS) is 25.8. The molecule has 0 N–H and O–H groups in total. The number of nitrogens with zero attached hydrogens (tertiary/aromatic N) is 3. The summed E-state index contributed by atoms with van der Waals surface area (Å²) in [6, 6.07) is 6.68. The van der Waals surface area contributed by atoms with Crippen LogP contribution in [0.4, 0.5) is 4.39 Å². The molecule has 2 aliphatic rings. The lowest BCUT2D eigenvalue weighted by Crippen LogP contribution is -2.40. The van der Waals surface area contributed by atoms with Crippen LogP contribution in [0.15, 0.2) is 36.7 Å². The van der Waals surface area contributed by atoms with Crippen LogP contribution in [-0.2, 0) is 11.3 Å². The van der Waals surface area contributed by atoms with Crippen molar-refractivity contribution >= 4 is 5.91 Å². The number of amides is 1. The molecule has 2 aromatic rings. The van der Waals surface area contributed by atoms with Gasteiger partial charge in [0.1, 0.15) is 11.6 Å². The number of rotatable bonds is 4. The lowest BCUT2D eigenvalue weighted by Gasteiger charge is -2.35. The molecule has 2 fully saturated rings. The molecule has 4 rings (SSSR count). The van der Waals surface area contributed by atoms with Crippen molar-refractivity contribution in [3.63, 3.8) is 0 Å². The third kappa shape index (κ3) is 3.08. The molecule has 1 amide bonds. The Kier molecular flexibility index (Phi) is 4.32. The topological polar surface area (TPSA) is 38.1 Å². The van der Waals surface area contributed by atoms with E-state index in [1.807, 2.05) is 29.4 Å². The number of hydrogen-bond acceptors (Lipinski definition) is 2. The highest BCUT2D eigenvalue weighted by Gasteiger charge is 2.47. The Labute approximate surface area is 147 Å². The standard InChI is InChI=1S/C20H24FN3O/c1-2-23-12-10-22-19(23)18-5-3-4-11-24(18)20(25)17-13-16(17)14-6-8-15(21)9-7-14/h6-10,12,16-18H,2-5,11,13H2,1H3/t16-,17+,18+/m0/s1. The maximum Gasteiger partial charge on any atom is 0.226 e. The molecule has 1 aromatic heterocycles. The monoisotopic (exact) mass is 341 g/mol. The van der Waals surface area contributed by atoms with E-state index < -0.39 is 0 Å². The van der Waals surface area contributed by atoms with Gasteiger partial charge in [0, 0.05) is 31.4 Å². The molecule has 1 aliphatic carbocycles. The fourth-order valence-electron chi connectivity index (χ4n) is 4.11. The molecule has 0 spiro atoms. The summed E-state index contributed by atoms with van der Waals surface area (Å²) < 4.78 is 15.3. The average molecular weight is 341 g/mol. The van der Waals surface area contributed by atoms with E-state index in [1.54, 1.807) is 0 Å². The maximum atomic E-state index is 13.1. The van der Waals surface area contributed by atoms with E-state index in [2.05, 4.69) is 16.5 Å². The minimum Gasteiger partial charge on any atom is -0.333 e.